The number of benzene rings is 1. The topological polar surface area (TPSA) is 54.0 Å². The number of hydrogen-bond donors (Lipinski definition) is 0. The first-order chi connectivity index (χ1) is 16.3. The fourth-order valence-electron chi connectivity index (χ4n) is 12.5. The van der Waals surface area contributed by atoms with Gasteiger partial charge in [-0.3, -0.25) is 4.79 Å². The second-order valence-electron chi connectivity index (χ2n) is 12.2. The largest absolute Gasteiger partial charge is 0.350 e. The van der Waals surface area contributed by atoms with E-state index >= 15 is 0 Å². The molecule has 2 heterocycles. The van der Waals surface area contributed by atoms with Crippen LogP contribution in [0.5, 0.6) is 0 Å². The number of hydrogen-bond acceptors (Lipinski definition) is 5. The van der Waals surface area contributed by atoms with E-state index in [2.05, 4.69) is 36.4 Å². The van der Waals surface area contributed by atoms with Gasteiger partial charge in [-0.15, -0.1) is 0 Å². The first-order valence-electron chi connectivity index (χ1n) is 13.1. The summed E-state index contributed by atoms with van der Waals surface area (Å²) in [6, 6.07) is 10.8. The van der Waals surface area contributed by atoms with Crippen molar-refractivity contribution in [1.82, 2.24) is 0 Å². The normalized spacial score (nSPS) is 57.4. The molecule has 1 aromatic carbocycles. The van der Waals surface area contributed by atoms with Gasteiger partial charge in [0.05, 0.1) is 31.8 Å². The van der Waals surface area contributed by atoms with E-state index in [1.54, 1.807) is 0 Å². The number of ether oxygens (including phenoxy) is 4. The van der Waals surface area contributed by atoms with Crippen LogP contribution < -0.4 is 0 Å². The lowest BCUT2D eigenvalue weighted by Crippen LogP contribution is -2.81. The van der Waals surface area contributed by atoms with Crippen molar-refractivity contribution in [2.75, 3.05) is 26.4 Å². The molecule has 170 valence electrons. The van der Waals surface area contributed by atoms with Crippen LogP contribution >= 0.6 is 0 Å². The second kappa shape index (κ2) is 5.18. The quantitative estimate of drug-likeness (QED) is 0.702. The van der Waals surface area contributed by atoms with Gasteiger partial charge in [-0.1, -0.05) is 36.4 Å². The van der Waals surface area contributed by atoms with E-state index in [1.807, 2.05) is 0 Å². The molecule has 33 heavy (non-hydrogen) atoms. The van der Waals surface area contributed by atoms with Gasteiger partial charge in [0.1, 0.15) is 5.78 Å². The van der Waals surface area contributed by atoms with E-state index in [4.69, 9.17) is 18.9 Å². The monoisotopic (exact) mass is 444 g/mol. The van der Waals surface area contributed by atoms with Gasteiger partial charge >= 0.3 is 0 Å². The first kappa shape index (κ1) is 17.8. The molecule has 0 N–H and O–H groups in total. The molecule has 10 rings (SSSR count). The molecule has 8 fully saturated rings. The van der Waals surface area contributed by atoms with E-state index in [-0.39, 0.29) is 29.5 Å². The van der Waals surface area contributed by atoms with Crippen molar-refractivity contribution in [3.8, 4) is 0 Å². The average Bonchev–Trinajstić information content (AvgIpc) is 3.64. The summed E-state index contributed by atoms with van der Waals surface area (Å²) in [7, 11) is 0. The van der Waals surface area contributed by atoms with Crippen LogP contribution in [0.1, 0.15) is 18.4 Å². The highest BCUT2D eigenvalue weighted by Gasteiger charge is 3.03. The van der Waals surface area contributed by atoms with Gasteiger partial charge in [-0.25, -0.2) is 0 Å². The molecule has 6 saturated carbocycles. The Morgan fingerprint density at radius 3 is 2.39 bits per heavy atom. The molecule has 2 aliphatic heterocycles. The molecule has 11 atom stereocenters. The molecule has 5 heteroatoms. The predicted molar refractivity (Wildman–Crippen MR) is 115 cm³/mol. The number of carbonyl (C=O) groups excluding carboxylic acids is 1. The summed E-state index contributed by atoms with van der Waals surface area (Å²) < 4.78 is 26.2. The van der Waals surface area contributed by atoms with E-state index in [1.165, 1.54) is 17.6 Å². The number of allylic oxidation sites excluding steroid dienone is 2. The first-order valence-corrected chi connectivity index (χ1v) is 13.1. The highest BCUT2D eigenvalue weighted by atomic mass is 16.7. The molecule has 0 radical (unpaired) electrons. The average molecular weight is 445 g/mol. The SMILES string of the molecule is O=C1C2C3CC4C2C2(OCCO2)C25C4C3C12[C@H](C1OCCO1)[C@H]1C[C@@H]5C=C1c1ccccc1. The Balaban J connectivity index is 1.29. The lowest BCUT2D eigenvalue weighted by molar-refractivity contribution is -0.380. The van der Waals surface area contributed by atoms with E-state index in [9.17, 15) is 4.79 Å². The molecule has 5 nitrogen and oxygen atoms in total. The molecule has 3 spiro atoms. The van der Waals surface area contributed by atoms with Crippen molar-refractivity contribution in [3.05, 3.63) is 42.0 Å². The molecule has 9 aliphatic rings. The summed E-state index contributed by atoms with van der Waals surface area (Å²) in [6.45, 7) is 2.58. The van der Waals surface area contributed by atoms with Crippen molar-refractivity contribution in [3.63, 3.8) is 0 Å². The maximum absolute atomic E-state index is 14.7. The van der Waals surface area contributed by atoms with Crippen molar-refractivity contribution >= 4 is 11.4 Å². The number of rotatable bonds is 2. The fourth-order valence-corrected chi connectivity index (χ4v) is 12.5. The number of ketones is 1. The third-order valence-corrected chi connectivity index (χ3v) is 12.2. The maximum atomic E-state index is 14.7. The fraction of sp³-hybridized carbons (Fsp3) is 0.679. The van der Waals surface area contributed by atoms with Crippen molar-refractivity contribution in [1.29, 1.82) is 0 Å². The molecule has 1 aromatic rings. The zero-order chi connectivity index (χ0) is 21.3. The number of fused-ring (bicyclic) bond motifs is 4. The maximum Gasteiger partial charge on any atom is 0.179 e. The van der Waals surface area contributed by atoms with Crippen molar-refractivity contribution < 1.29 is 23.7 Å². The highest BCUT2D eigenvalue weighted by Crippen LogP contribution is 2.99. The zero-order valence-electron chi connectivity index (χ0n) is 18.5. The summed E-state index contributed by atoms with van der Waals surface area (Å²) in [5.41, 5.74) is 2.05. The molecular formula is C28H28O5. The van der Waals surface area contributed by atoms with Gasteiger partial charge in [0.2, 0.25) is 0 Å². The summed E-state index contributed by atoms with van der Waals surface area (Å²) >= 11 is 0. The lowest BCUT2D eigenvalue weighted by atomic mass is 9.28. The van der Waals surface area contributed by atoms with Gasteiger partial charge in [-0.05, 0) is 59.5 Å². The minimum absolute atomic E-state index is 0.0638. The molecule has 0 aromatic heterocycles. The van der Waals surface area contributed by atoms with E-state index < -0.39 is 11.2 Å². The van der Waals surface area contributed by atoms with Gasteiger partial charge < -0.3 is 18.9 Å². The van der Waals surface area contributed by atoms with Gasteiger partial charge in [0, 0.05) is 23.2 Å². The Kier molecular flexibility index (Phi) is 2.80. The molecule has 7 aliphatic carbocycles. The number of Topliss-reactive ketones (excluding diaryl/α,β-unsaturated/α-hetero) is 1. The Bertz CT molecular complexity index is 1150. The Labute approximate surface area is 192 Å². The highest BCUT2D eigenvalue weighted by molar-refractivity contribution is 5.98. The van der Waals surface area contributed by atoms with Crippen LogP contribution in [0.3, 0.4) is 0 Å². The molecule has 8 unspecified atom stereocenters. The zero-order valence-corrected chi connectivity index (χ0v) is 18.5. The van der Waals surface area contributed by atoms with Crippen molar-refractivity contribution in [2.45, 2.75) is 24.9 Å². The molecule has 2 saturated heterocycles. The van der Waals surface area contributed by atoms with Crippen molar-refractivity contribution in [2.24, 2.45) is 64.1 Å². The van der Waals surface area contributed by atoms with E-state index in [0.717, 1.165) is 6.42 Å². The minimum Gasteiger partial charge on any atom is -0.350 e. The van der Waals surface area contributed by atoms with Gasteiger partial charge in [-0.2, -0.15) is 0 Å². The molecule has 4 bridgehead atoms. The van der Waals surface area contributed by atoms with Crippen LogP contribution in [-0.4, -0.2) is 44.3 Å². The molecule has 0 amide bonds. The van der Waals surface area contributed by atoms with Crippen LogP contribution in [0.2, 0.25) is 0 Å². The minimum atomic E-state index is -0.572. The molecular weight excluding hydrogens is 416 g/mol. The van der Waals surface area contributed by atoms with Crippen LogP contribution in [0, 0.1) is 64.1 Å². The summed E-state index contributed by atoms with van der Waals surface area (Å²) in [5.74, 6) is 3.24. The second-order valence-corrected chi connectivity index (χ2v) is 12.2. The van der Waals surface area contributed by atoms with Crippen LogP contribution in [0.25, 0.3) is 5.57 Å². The van der Waals surface area contributed by atoms with E-state index in [0.29, 0.717) is 67.7 Å². The third kappa shape index (κ3) is 1.41. The summed E-state index contributed by atoms with van der Waals surface area (Å²) in [6.07, 6.45) is 4.54. The van der Waals surface area contributed by atoms with Crippen LogP contribution in [0.4, 0.5) is 0 Å². The summed E-state index contributed by atoms with van der Waals surface area (Å²) in [5, 5.41) is 0. The lowest BCUT2D eigenvalue weighted by Gasteiger charge is -2.74. The standard InChI is InChI=1S/C28H28O5/c29-24-19-17-12-18-20(19)28(32-8-9-33-28)27-14-10-15(13-4-2-1-3-5-13)16(11-14)23(25-30-6-7-31-25)26(24,27)21(17)22(18)27/h1-5,10,14,16-23,25H,6-9,11-12H2/t14-,16-,17?,18?,19?,20?,21?,22?,23-,26?,27?/m0/s1. The number of carbonyl (C=O) groups is 1. The Morgan fingerprint density at radius 2 is 1.61 bits per heavy atom. The van der Waals surface area contributed by atoms with Crippen LogP contribution in [0.15, 0.2) is 36.4 Å². The predicted octanol–water partition coefficient (Wildman–Crippen LogP) is 3.15. The third-order valence-electron chi connectivity index (χ3n) is 12.2. The van der Waals surface area contributed by atoms with Crippen LogP contribution in [-0.2, 0) is 23.7 Å². The summed E-state index contributed by atoms with van der Waals surface area (Å²) in [4.78, 5) is 14.7. The van der Waals surface area contributed by atoms with Gasteiger partial charge in [0.25, 0.3) is 0 Å². The van der Waals surface area contributed by atoms with Gasteiger partial charge in [0.15, 0.2) is 12.1 Å². The Hall–Kier alpha value is -1.53. The smallest absolute Gasteiger partial charge is 0.179 e. The Morgan fingerprint density at radius 1 is 0.818 bits per heavy atom.